The van der Waals surface area contributed by atoms with Crippen molar-refractivity contribution >= 4 is 0 Å². The van der Waals surface area contributed by atoms with Crippen LogP contribution in [0.2, 0.25) is 0 Å². The van der Waals surface area contributed by atoms with Crippen LogP contribution in [0.15, 0.2) is 0 Å². The quantitative estimate of drug-likeness (QED) is 0.546. The van der Waals surface area contributed by atoms with E-state index in [0.29, 0.717) is 5.92 Å². The number of hydrogen-bond acceptors (Lipinski definition) is 1. The van der Waals surface area contributed by atoms with Gasteiger partial charge in [0.25, 0.3) is 0 Å². The molecule has 0 aliphatic rings. The molecule has 0 aromatic carbocycles. The molecule has 0 rings (SSSR count). The van der Waals surface area contributed by atoms with Gasteiger partial charge < -0.3 is 11.8 Å². The van der Waals surface area contributed by atoms with Gasteiger partial charge in [0.2, 0.25) is 0 Å². The molecule has 0 aromatic rings. The summed E-state index contributed by atoms with van der Waals surface area (Å²) in [6.07, 6.45) is 0. The largest absolute Gasteiger partial charge is 4.00 e. The molecule has 0 aliphatic heterocycles. The van der Waals surface area contributed by atoms with Crippen molar-refractivity contribution in [2.75, 3.05) is 21.1 Å². The molecular weight excluding hydrogens is 189 g/mol. The van der Waals surface area contributed by atoms with Crippen molar-refractivity contribution in [3.8, 4) is 0 Å². The predicted octanol–water partition coefficient (Wildman–Crippen LogP) is 1.65. The van der Waals surface area contributed by atoms with E-state index in [-0.39, 0.29) is 26.2 Å². The van der Waals surface area contributed by atoms with Gasteiger partial charge in [0.1, 0.15) is 0 Å². The molecule has 0 aromatic heterocycles. The van der Waals surface area contributed by atoms with Crippen molar-refractivity contribution < 1.29 is 26.2 Å². The second-order valence-corrected chi connectivity index (χ2v) is 2.74. The van der Waals surface area contributed by atoms with Gasteiger partial charge in [-0.25, -0.2) is 0 Å². The van der Waals surface area contributed by atoms with E-state index in [2.05, 4.69) is 20.8 Å². The van der Waals surface area contributed by atoms with Gasteiger partial charge >= 0.3 is 26.2 Å². The van der Waals surface area contributed by atoms with E-state index in [1.54, 1.807) is 0 Å². The number of hydrogen-bond donors (Lipinski definition) is 0. The van der Waals surface area contributed by atoms with Crippen LogP contribution in [-0.2, 0) is 26.2 Å². The number of rotatable bonds is 0. The topological polar surface area (TPSA) is 3.24 Å². The molecule has 1 nitrogen and oxygen atoms in total. The summed E-state index contributed by atoms with van der Waals surface area (Å²) in [5.41, 5.74) is 0. The molecule has 0 heterocycles. The molecule has 2 heteroatoms. The monoisotopic (exact) mass is 206 g/mol. The molecule has 0 saturated carbocycles. The molecule has 0 amide bonds. The van der Waals surface area contributed by atoms with Crippen molar-refractivity contribution in [1.29, 1.82) is 0 Å². The number of nitrogens with zero attached hydrogens (tertiary/aromatic N) is 1. The normalized spacial score (nSPS) is 8.00. The molecule has 0 radical (unpaired) electrons. The van der Waals surface area contributed by atoms with Crippen LogP contribution in [0.25, 0.3) is 0 Å². The van der Waals surface area contributed by atoms with Crippen molar-refractivity contribution in [1.82, 2.24) is 4.90 Å². The Labute approximate surface area is 78.9 Å². The third kappa shape index (κ3) is 583. The summed E-state index contributed by atoms with van der Waals surface area (Å²) in [7, 11) is 6.00. The van der Waals surface area contributed by atoms with E-state index in [1.165, 1.54) is 0 Å². The van der Waals surface area contributed by atoms with Gasteiger partial charge in [-0.15, -0.1) is 0 Å². The van der Waals surface area contributed by atoms with Crippen LogP contribution in [0.1, 0.15) is 13.8 Å². The molecule has 0 fully saturated rings. The minimum absolute atomic E-state index is 0. The molecule has 0 unspecified atom stereocenters. The van der Waals surface area contributed by atoms with Crippen molar-refractivity contribution in [2.24, 2.45) is 5.92 Å². The van der Waals surface area contributed by atoms with Crippen LogP contribution in [0.5, 0.6) is 0 Å². The first-order chi connectivity index (χ1) is 3.46. The molecule has 0 atom stereocenters. The Morgan fingerprint density at radius 3 is 1.11 bits per heavy atom. The van der Waals surface area contributed by atoms with Crippen LogP contribution < -0.4 is 0 Å². The van der Waals surface area contributed by atoms with Crippen LogP contribution in [0, 0.1) is 12.8 Å². The minimum atomic E-state index is 0. The summed E-state index contributed by atoms with van der Waals surface area (Å²) in [6.45, 7) is 7.75. The van der Waals surface area contributed by atoms with E-state index in [0.717, 1.165) is 0 Å². The Morgan fingerprint density at radius 2 is 1.11 bits per heavy atom. The Morgan fingerprint density at radius 1 is 1.11 bits per heavy atom. The van der Waals surface area contributed by atoms with E-state index < -0.39 is 0 Å². The third-order valence-corrected chi connectivity index (χ3v) is 0. The standard InChI is InChI=1S/C4H9.C3H9N.Zr/c2*1-4(2)3;/h4H,1H2,2-3H3;1-3H3;/q-1;;+4. The Hall–Kier alpha value is 0.843. The summed E-state index contributed by atoms with van der Waals surface area (Å²) in [6, 6.07) is 0. The van der Waals surface area contributed by atoms with Crippen LogP contribution in [0.3, 0.4) is 0 Å². The van der Waals surface area contributed by atoms with Crippen LogP contribution in [-0.4, -0.2) is 26.0 Å². The first kappa shape index (κ1) is 16.4. The molecule has 0 aliphatic carbocycles. The average molecular weight is 207 g/mol. The van der Waals surface area contributed by atoms with E-state index in [1.807, 2.05) is 26.0 Å². The van der Waals surface area contributed by atoms with E-state index in [9.17, 15) is 0 Å². The molecule has 0 N–H and O–H groups in total. The third-order valence-electron chi connectivity index (χ3n) is 0. The van der Waals surface area contributed by atoms with Crippen LogP contribution >= 0.6 is 0 Å². The van der Waals surface area contributed by atoms with Gasteiger partial charge in [0.15, 0.2) is 0 Å². The molecule has 0 bridgehead atoms. The maximum atomic E-state index is 3.64. The fourth-order valence-corrected chi connectivity index (χ4v) is 0. The van der Waals surface area contributed by atoms with E-state index >= 15 is 0 Å². The fourth-order valence-electron chi connectivity index (χ4n) is 0. The van der Waals surface area contributed by atoms with Gasteiger partial charge in [-0.3, -0.25) is 0 Å². The van der Waals surface area contributed by atoms with Crippen molar-refractivity contribution in [2.45, 2.75) is 13.8 Å². The minimum Gasteiger partial charge on any atom is -0.341 e. The molecule has 0 saturated heterocycles. The summed E-state index contributed by atoms with van der Waals surface area (Å²) in [5.74, 6) is 0.583. The predicted molar refractivity (Wildman–Crippen MR) is 39.8 cm³/mol. The first-order valence-corrected chi connectivity index (χ1v) is 2.90. The zero-order valence-corrected chi connectivity index (χ0v) is 9.69. The van der Waals surface area contributed by atoms with Gasteiger partial charge in [-0.1, -0.05) is 13.8 Å². The summed E-state index contributed by atoms with van der Waals surface area (Å²) in [4.78, 5) is 2.00. The maximum absolute atomic E-state index is 3.64. The molecule has 9 heavy (non-hydrogen) atoms. The zero-order valence-electron chi connectivity index (χ0n) is 7.23. The van der Waals surface area contributed by atoms with Gasteiger partial charge in [0, 0.05) is 0 Å². The van der Waals surface area contributed by atoms with E-state index in [4.69, 9.17) is 0 Å². The maximum Gasteiger partial charge on any atom is 4.00 e. The molecule has 52 valence electrons. The van der Waals surface area contributed by atoms with Crippen molar-refractivity contribution in [3.05, 3.63) is 6.92 Å². The van der Waals surface area contributed by atoms with Gasteiger partial charge in [-0.2, -0.15) is 5.92 Å². The molecule has 0 spiro atoms. The summed E-state index contributed by atoms with van der Waals surface area (Å²) in [5, 5.41) is 0. The molecular formula is C7H18NZr+3. The van der Waals surface area contributed by atoms with Gasteiger partial charge in [-0.05, 0) is 21.1 Å². The first-order valence-electron chi connectivity index (χ1n) is 2.90. The van der Waals surface area contributed by atoms with Crippen molar-refractivity contribution in [3.63, 3.8) is 0 Å². The van der Waals surface area contributed by atoms with Gasteiger partial charge in [0.05, 0.1) is 0 Å². The summed E-state index contributed by atoms with van der Waals surface area (Å²) >= 11 is 0. The summed E-state index contributed by atoms with van der Waals surface area (Å²) < 4.78 is 0. The average Bonchev–Trinajstić information content (AvgIpc) is 1.25. The smallest absolute Gasteiger partial charge is 0.341 e. The zero-order chi connectivity index (χ0) is 7.15. The second-order valence-electron chi connectivity index (χ2n) is 2.74. The SMILES string of the molecule is CN(C)C.[CH2-]C(C)C.[Zr+4]. The van der Waals surface area contributed by atoms with Crippen LogP contribution in [0.4, 0.5) is 0 Å². The fraction of sp³-hybridized carbons (Fsp3) is 0.857. The Bertz CT molecular complexity index is 24.4. The Kier molecular flexibility index (Phi) is 21.2. The second kappa shape index (κ2) is 11.6. The Balaban J connectivity index is -0.0000000720.